The summed E-state index contributed by atoms with van der Waals surface area (Å²) in [5.41, 5.74) is 5.05. The van der Waals surface area contributed by atoms with Crippen molar-refractivity contribution >= 4 is 32.5 Å². The van der Waals surface area contributed by atoms with E-state index in [9.17, 15) is 0 Å². The summed E-state index contributed by atoms with van der Waals surface area (Å²) in [5.74, 6) is 2.53. The molecule has 0 atom stereocenters. The maximum absolute atomic E-state index is 6.69. The molecule has 1 aromatic carbocycles. The van der Waals surface area contributed by atoms with E-state index in [1.54, 1.807) is 0 Å². The van der Waals surface area contributed by atoms with E-state index in [0.29, 0.717) is 11.3 Å². The number of hydrogen-bond donors (Lipinski definition) is 0. The van der Waals surface area contributed by atoms with Crippen molar-refractivity contribution < 1.29 is 9.30 Å². The van der Waals surface area contributed by atoms with Crippen LogP contribution in [-0.4, -0.2) is 9.97 Å². The third-order valence-corrected chi connectivity index (χ3v) is 8.34. The second-order valence-electron chi connectivity index (χ2n) is 9.67. The smallest absolute Gasteiger partial charge is 0.288 e. The van der Waals surface area contributed by atoms with Gasteiger partial charge in [0.1, 0.15) is 11.1 Å². The zero-order valence-electron chi connectivity index (χ0n) is 18.0. The highest BCUT2D eigenvalue weighted by Crippen LogP contribution is 2.55. The molecule has 4 heterocycles. The number of pyridine rings is 1. The Morgan fingerprint density at radius 1 is 1.20 bits per heavy atom. The second-order valence-corrected chi connectivity index (χ2v) is 10.7. The molecule has 6 rings (SSSR count). The average molecular weight is 417 g/mol. The van der Waals surface area contributed by atoms with Gasteiger partial charge in [-0.1, -0.05) is 31.3 Å². The van der Waals surface area contributed by atoms with Crippen LogP contribution in [0, 0.1) is 12.3 Å². The molecule has 0 unspecified atom stereocenters. The number of hydrogen-bond acceptors (Lipinski definition) is 4. The number of benzene rings is 1. The molecule has 4 aromatic rings. The molecule has 0 N–H and O–H groups in total. The molecule has 2 aliphatic rings. The normalized spacial score (nSPS) is 17.9. The van der Waals surface area contributed by atoms with Crippen molar-refractivity contribution in [1.29, 1.82) is 0 Å². The molecule has 0 radical (unpaired) electrons. The molecule has 1 aliphatic carbocycles. The van der Waals surface area contributed by atoms with Crippen molar-refractivity contribution in [2.45, 2.75) is 52.4 Å². The predicted octanol–water partition coefficient (Wildman–Crippen LogP) is 6.43. The van der Waals surface area contributed by atoms with Gasteiger partial charge in [0.2, 0.25) is 4.83 Å². The van der Waals surface area contributed by atoms with Crippen LogP contribution >= 0.6 is 11.3 Å². The van der Waals surface area contributed by atoms with Crippen LogP contribution in [0.2, 0.25) is 0 Å². The molecule has 30 heavy (non-hydrogen) atoms. The number of aromatic nitrogens is 3. The van der Waals surface area contributed by atoms with Gasteiger partial charge in [-0.25, -0.2) is 4.57 Å². The van der Waals surface area contributed by atoms with Crippen molar-refractivity contribution in [1.82, 2.24) is 9.97 Å². The fourth-order valence-electron chi connectivity index (χ4n) is 5.28. The Hall–Kier alpha value is -2.53. The third-order valence-electron chi connectivity index (χ3n) is 7.10. The summed E-state index contributed by atoms with van der Waals surface area (Å²) < 4.78 is 8.84. The molecule has 152 valence electrons. The topological polar surface area (TPSA) is 38.9 Å². The zero-order valence-corrected chi connectivity index (χ0v) is 18.8. The van der Waals surface area contributed by atoms with Crippen molar-refractivity contribution in [2.24, 2.45) is 12.5 Å². The molecule has 1 saturated carbocycles. The van der Waals surface area contributed by atoms with E-state index in [1.807, 2.05) is 29.9 Å². The van der Waals surface area contributed by atoms with E-state index in [0.717, 1.165) is 21.8 Å². The Morgan fingerprint density at radius 3 is 2.80 bits per heavy atom. The van der Waals surface area contributed by atoms with Crippen molar-refractivity contribution in [2.75, 3.05) is 0 Å². The van der Waals surface area contributed by atoms with Crippen molar-refractivity contribution in [3.63, 3.8) is 0 Å². The van der Waals surface area contributed by atoms with Crippen molar-refractivity contribution in [3.05, 3.63) is 41.2 Å². The van der Waals surface area contributed by atoms with Gasteiger partial charge in [-0.15, -0.1) is 0 Å². The molecular weight excluding hydrogens is 390 g/mol. The van der Waals surface area contributed by atoms with Gasteiger partial charge >= 0.3 is 0 Å². The van der Waals surface area contributed by atoms with Gasteiger partial charge in [0.15, 0.2) is 11.4 Å². The van der Waals surface area contributed by atoms with E-state index in [4.69, 9.17) is 9.72 Å². The highest BCUT2D eigenvalue weighted by atomic mass is 32.1. The van der Waals surface area contributed by atoms with Gasteiger partial charge in [0, 0.05) is 17.6 Å². The quantitative estimate of drug-likeness (QED) is 0.295. The summed E-state index contributed by atoms with van der Waals surface area (Å²) in [6, 6.07) is 6.26. The average Bonchev–Trinajstić information content (AvgIpc) is 3.09. The number of nitrogens with zero attached hydrogens (tertiary/aromatic N) is 3. The van der Waals surface area contributed by atoms with E-state index in [2.05, 4.69) is 49.5 Å². The highest BCUT2D eigenvalue weighted by Gasteiger charge is 2.37. The SMILES string of the molecule is Cc1c2c(cc3ncccc13)Oc1c(C3CCC(C)(C)CC3)sc3nc[n+](C)c-2c13. The lowest BCUT2D eigenvalue weighted by Gasteiger charge is -2.34. The van der Waals surface area contributed by atoms with Gasteiger partial charge < -0.3 is 4.74 Å². The molecule has 1 aliphatic heterocycles. The van der Waals surface area contributed by atoms with E-state index in [-0.39, 0.29) is 0 Å². The van der Waals surface area contributed by atoms with Crippen molar-refractivity contribution in [3.8, 4) is 22.8 Å². The maximum Gasteiger partial charge on any atom is 0.288 e. The van der Waals surface area contributed by atoms with Crippen LogP contribution in [0.1, 0.15) is 55.9 Å². The summed E-state index contributed by atoms with van der Waals surface area (Å²) >= 11 is 1.83. The molecule has 0 spiro atoms. The number of aryl methyl sites for hydroxylation is 2. The summed E-state index contributed by atoms with van der Waals surface area (Å²) in [6.07, 6.45) is 8.79. The minimum atomic E-state index is 0.454. The minimum Gasteiger partial charge on any atom is -0.454 e. The number of ether oxygens (including phenoxy) is 1. The number of thiophene rings is 1. The van der Waals surface area contributed by atoms with E-state index in [1.165, 1.54) is 58.2 Å². The maximum atomic E-state index is 6.69. The molecule has 0 bridgehead atoms. The van der Waals surface area contributed by atoms with E-state index >= 15 is 0 Å². The lowest BCUT2D eigenvalue weighted by molar-refractivity contribution is -0.662. The van der Waals surface area contributed by atoms with Crippen LogP contribution in [0.5, 0.6) is 11.5 Å². The van der Waals surface area contributed by atoms with Crippen LogP contribution in [0.4, 0.5) is 0 Å². The standard InChI is InChI=1S/C25H26N3OS/c1-14-16-6-5-11-26-17(16)12-18-19(14)21-20-22(29-18)23(30-24(20)27-13-28(21)4)15-7-9-25(2,3)10-8-15/h5-6,11-13,15H,7-10H2,1-4H3/q+1. The third kappa shape index (κ3) is 2.54. The zero-order chi connectivity index (χ0) is 20.6. The fourth-order valence-corrected chi connectivity index (χ4v) is 6.52. The molecule has 0 amide bonds. The summed E-state index contributed by atoms with van der Waals surface area (Å²) in [6.45, 7) is 6.97. The molecule has 4 nitrogen and oxygen atoms in total. The van der Waals surface area contributed by atoms with E-state index < -0.39 is 0 Å². The summed E-state index contributed by atoms with van der Waals surface area (Å²) in [5, 5.41) is 2.36. The number of rotatable bonds is 1. The first-order valence-electron chi connectivity index (χ1n) is 10.8. The van der Waals surface area contributed by atoms with Gasteiger partial charge in [0.25, 0.3) is 6.33 Å². The second kappa shape index (κ2) is 6.24. The molecule has 5 heteroatoms. The Balaban J connectivity index is 1.61. The first kappa shape index (κ1) is 18.3. The molecule has 3 aromatic heterocycles. The Bertz CT molecular complexity index is 1330. The lowest BCUT2D eigenvalue weighted by atomic mass is 9.72. The van der Waals surface area contributed by atoms with Crippen LogP contribution in [0.25, 0.3) is 32.4 Å². The Morgan fingerprint density at radius 2 is 2.00 bits per heavy atom. The van der Waals surface area contributed by atoms with Crippen LogP contribution in [-0.2, 0) is 7.05 Å². The number of fused-ring (bicyclic) bond motifs is 3. The highest BCUT2D eigenvalue weighted by molar-refractivity contribution is 7.19. The monoisotopic (exact) mass is 416 g/mol. The van der Waals surface area contributed by atoms with Crippen LogP contribution in [0.15, 0.2) is 30.7 Å². The largest absolute Gasteiger partial charge is 0.454 e. The van der Waals surface area contributed by atoms with Gasteiger partial charge in [-0.3, -0.25) is 4.98 Å². The lowest BCUT2D eigenvalue weighted by Crippen LogP contribution is -2.32. The summed E-state index contributed by atoms with van der Waals surface area (Å²) in [4.78, 5) is 11.9. The Kier molecular flexibility index (Phi) is 3.80. The van der Waals surface area contributed by atoms with Gasteiger partial charge in [0.05, 0.1) is 23.0 Å². The summed E-state index contributed by atoms with van der Waals surface area (Å²) in [7, 11) is 2.09. The van der Waals surface area contributed by atoms with Gasteiger partial charge in [-0.05, 0) is 60.6 Å². The first-order chi connectivity index (χ1) is 14.4. The van der Waals surface area contributed by atoms with Crippen LogP contribution in [0.3, 0.4) is 0 Å². The molecule has 1 fully saturated rings. The van der Waals surface area contributed by atoms with Gasteiger partial charge in [-0.2, -0.15) is 0 Å². The first-order valence-corrected chi connectivity index (χ1v) is 11.6. The fraction of sp³-hybridized carbons (Fsp3) is 0.400. The molecule has 0 saturated heterocycles. The Labute approximate surface area is 180 Å². The van der Waals surface area contributed by atoms with Crippen LogP contribution < -0.4 is 9.30 Å². The predicted molar refractivity (Wildman–Crippen MR) is 121 cm³/mol. The minimum absolute atomic E-state index is 0.454. The molecular formula is C25H26N3OS+.